The van der Waals surface area contributed by atoms with Crippen molar-refractivity contribution in [2.24, 2.45) is 11.8 Å². The van der Waals surface area contributed by atoms with Gasteiger partial charge in [-0.05, 0) is 62.4 Å². The molecule has 0 spiro atoms. The molecule has 3 aliphatic heterocycles. The first kappa shape index (κ1) is 24.5. The van der Waals surface area contributed by atoms with E-state index in [4.69, 9.17) is 28.4 Å². The molecule has 1 aromatic rings. The van der Waals surface area contributed by atoms with E-state index in [-0.39, 0.29) is 48.4 Å². The van der Waals surface area contributed by atoms with Crippen molar-refractivity contribution < 1.29 is 37.6 Å². The van der Waals surface area contributed by atoms with Crippen LogP contribution in [0, 0.1) is 17.7 Å². The van der Waals surface area contributed by atoms with E-state index >= 15 is 0 Å². The molecule has 3 heterocycles. The van der Waals surface area contributed by atoms with Gasteiger partial charge < -0.3 is 28.4 Å². The zero-order valence-corrected chi connectivity index (χ0v) is 20.1. The fraction of sp³-hybridized carbons (Fsp3) is 0.667. The van der Waals surface area contributed by atoms with E-state index in [0.29, 0.717) is 44.8 Å². The minimum atomic E-state index is -0.309. The van der Waals surface area contributed by atoms with Crippen LogP contribution in [-0.4, -0.2) is 50.6 Å². The summed E-state index contributed by atoms with van der Waals surface area (Å²) in [5.41, 5.74) is 0. The molecular formula is C27H35FO7. The molecule has 8 heteroatoms. The highest BCUT2D eigenvalue weighted by Crippen LogP contribution is 2.47. The Balaban J connectivity index is 1.31. The average Bonchev–Trinajstić information content (AvgIpc) is 3.38. The van der Waals surface area contributed by atoms with Crippen LogP contribution in [0.3, 0.4) is 0 Å². The second-order valence-electron chi connectivity index (χ2n) is 9.74. The third-order valence-corrected chi connectivity index (χ3v) is 7.23. The Kier molecular flexibility index (Phi) is 8.21. The van der Waals surface area contributed by atoms with Crippen LogP contribution >= 0.6 is 0 Å². The lowest BCUT2D eigenvalue weighted by Gasteiger charge is -2.33. The van der Waals surface area contributed by atoms with Crippen LogP contribution in [0.5, 0.6) is 5.75 Å². The number of halogens is 1. The quantitative estimate of drug-likeness (QED) is 0.277. The Morgan fingerprint density at radius 1 is 1.03 bits per heavy atom. The minimum absolute atomic E-state index is 0.00366. The van der Waals surface area contributed by atoms with E-state index in [2.05, 4.69) is 0 Å². The highest BCUT2D eigenvalue weighted by Gasteiger charge is 2.53. The summed E-state index contributed by atoms with van der Waals surface area (Å²) in [7, 11) is 0. The molecule has 35 heavy (non-hydrogen) atoms. The summed E-state index contributed by atoms with van der Waals surface area (Å²) in [5, 5.41) is 0. The third kappa shape index (κ3) is 6.35. The van der Waals surface area contributed by atoms with Crippen LogP contribution in [0.15, 0.2) is 36.1 Å². The van der Waals surface area contributed by atoms with Crippen molar-refractivity contribution in [1.29, 1.82) is 0 Å². The first-order valence-corrected chi connectivity index (χ1v) is 13.0. The van der Waals surface area contributed by atoms with Crippen molar-refractivity contribution in [3.63, 3.8) is 0 Å². The molecule has 7 nitrogen and oxygen atoms in total. The van der Waals surface area contributed by atoms with E-state index in [1.54, 1.807) is 12.1 Å². The summed E-state index contributed by atoms with van der Waals surface area (Å²) >= 11 is 0. The molecule has 0 N–H and O–H groups in total. The van der Waals surface area contributed by atoms with Crippen LogP contribution in [0.2, 0.25) is 0 Å². The van der Waals surface area contributed by atoms with Gasteiger partial charge in [0.15, 0.2) is 12.6 Å². The minimum Gasteiger partial charge on any atom is -0.493 e. The van der Waals surface area contributed by atoms with Gasteiger partial charge in [-0.25, -0.2) is 4.39 Å². The molecule has 0 bridgehead atoms. The second kappa shape index (κ2) is 11.7. The SMILES string of the molecule is O=C1C[C@@H]2C(C[C@@H](OC3CCCCO3)[C@H]2/C(=C\CCOc2ccc(F)cc2)OC2CCCCO2)O1. The molecule has 6 atom stereocenters. The van der Waals surface area contributed by atoms with Crippen LogP contribution < -0.4 is 4.74 Å². The maximum absolute atomic E-state index is 13.2. The van der Waals surface area contributed by atoms with Crippen molar-refractivity contribution in [3.05, 3.63) is 41.9 Å². The van der Waals surface area contributed by atoms with Crippen LogP contribution in [0.25, 0.3) is 0 Å². The van der Waals surface area contributed by atoms with Crippen molar-refractivity contribution >= 4 is 5.97 Å². The molecule has 5 rings (SSSR count). The number of hydrogen-bond acceptors (Lipinski definition) is 7. The number of hydrogen-bond donors (Lipinski definition) is 0. The highest BCUT2D eigenvalue weighted by molar-refractivity contribution is 5.72. The van der Waals surface area contributed by atoms with Gasteiger partial charge in [-0.2, -0.15) is 0 Å². The molecule has 0 amide bonds. The van der Waals surface area contributed by atoms with E-state index in [9.17, 15) is 9.18 Å². The molecule has 3 saturated heterocycles. The maximum atomic E-state index is 13.2. The summed E-state index contributed by atoms with van der Waals surface area (Å²) in [4.78, 5) is 12.1. The summed E-state index contributed by atoms with van der Waals surface area (Å²) in [6.45, 7) is 1.80. The van der Waals surface area contributed by atoms with Gasteiger partial charge in [0, 0.05) is 37.7 Å². The van der Waals surface area contributed by atoms with Crippen LogP contribution in [0.1, 0.15) is 57.8 Å². The average molecular weight is 491 g/mol. The van der Waals surface area contributed by atoms with Gasteiger partial charge in [0.25, 0.3) is 0 Å². The number of fused-ring (bicyclic) bond motifs is 1. The predicted molar refractivity (Wildman–Crippen MR) is 124 cm³/mol. The molecule has 1 aromatic carbocycles. The number of rotatable bonds is 9. The maximum Gasteiger partial charge on any atom is 0.306 e. The molecule has 4 fully saturated rings. The molecule has 192 valence electrons. The molecule has 0 aromatic heterocycles. The van der Waals surface area contributed by atoms with E-state index in [0.717, 1.165) is 44.3 Å². The van der Waals surface area contributed by atoms with Crippen molar-refractivity contribution in [1.82, 2.24) is 0 Å². The monoisotopic (exact) mass is 490 g/mol. The van der Waals surface area contributed by atoms with E-state index < -0.39 is 0 Å². The van der Waals surface area contributed by atoms with Crippen molar-refractivity contribution in [2.45, 2.75) is 82.6 Å². The van der Waals surface area contributed by atoms with Gasteiger partial charge in [0.05, 0.1) is 25.7 Å². The van der Waals surface area contributed by atoms with Gasteiger partial charge in [-0.15, -0.1) is 0 Å². The fourth-order valence-corrected chi connectivity index (χ4v) is 5.54. The van der Waals surface area contributed by atoms with Gasteiger partial charge in [0.2, 0.25) is 0 Å². The number of carbonyl (C=O) groups is 1. The molecular weight excluding hydrogens is 455 g/mol. The standard InChI is InChI=1S/C27H35FO7/c28-18-9-11-19(12-10-18)30-15-5-6-21(34-25-7-1-3-13-31-25)27-20-16-24(29)33-22(20)17-23(27)35-26-8-2-4-14-32-26/h6,9-12,20,22-23,25-27H,1-5,7-8,13-17H2/b21-6+/t20-,22?,23-,25?,26?,27-/m1/s1. The largest absolute Gasteiger partial charge is 0.493 e. The van der Waals surface area contributed by atoms with Crippen molar-refractivity contribution in [3.8, 4) is 5.75 Å². The molecule has 1 saturated carbocycles. The van der Waals surface area contributed by atoms with Gasteiger partial charge in [-0.1, -0.05) is 0 Å². The van der Waals surface area contributed by atoms with Gasteiger partial charge in [0.1, 0.15) is 23.4 Å². The lowest BCUT2D eigenvalue weighted by molar-refractivity contribution is -0.201. The topological polar surface area (TPSA) is 72.5 Å². The van der Waals surface area contributed by atoms with Gasteiger partial charge >= 0.3 is 5.97 Å². The lowest BCUT2D eigenvalue weighted by atomic mass is 9.89. The van der Waals surface area contributed by atoms with Crippen molar-refractivity contribution in [2.75, 3.05) is 19.8 Å². The summed E-state index contributed by atoms with van der Waals surface area (Å²) in [6.07, 6.45) is 8.68. The summed E-state index contributed by atoms with van der Waals surface area (Å²) in [5.74, 6) is 0.829. The Morgan fingerprint density at radius 3 is 2.49 bits per heavy atom. The normalized spacial score (nSPS) is 33.3. The Hall–Kier alpha value is -2.16. The second-order valence-corrected chi connectivity index (χ2v) is 9.74. The fourth-order valence-electron chi connectivity index (χ4n) is 5.54. The first-order valence-electron chi connectivity index (χ1n) is 13.0. The first-order chi connectivity index (χ1) is 17.2. The Morgan fingerprint density at radius 2 is 1.77 bits per heavy atom. The Labute approximate surface area is 205 Å². The number of esters is 1. The van der Waals surface area contributed by atoms with Crippen LogP contribution in [0.4, 0.5) is 4.39 Å². The smallest absolute Gasteiger partial charge is 0.306 e. The predicted octanol–water partition coefficient (Wildman–Crippen LogP) is 4.89. The third-order valence-electron chi connectivity index (χ3n) is 7.23. The summed E-state index contributed by atoms with van der Waals surface area (Å²) in [6, 6.07) is 5.99. The highest BCUT2D eigenvalue weighted by atomic mass is 19.1. The van der Waals surface area contributed by atoms with E-state index in [1.165, 1.54) is 12.1 Å². The number of carbonyl (C=O) groups excluding carboxylic acids is 1. The molecule has 3 unspecified atom stereocenters. The Bertz CT molecular complexity index is 861. The lowest BCUT2D eigenvalue weighted by Crippen LogP contribution is -2.34. The number of ether oxygens (including phenoxy) is 6. The molecule has 4 aliphatic rings. The van der Waals surface area contributed by atoms with Crippen LogP contribution in [-0.2, 0) is 28.5 Å². The molecule has 1 aliphatic carbocycles. The molecule has 0 radical (unpaired) electrons. The zero-order chi connectivity index (χ0) is 24.0. The zero-order valence-electron chi connectivity index (χ0n) is 20.1. The van der Waals surface area contributed by atoms with E-state index in [1.807, 2.05) is 6.08 Å². The summed E-state index contributed by atoms with van der Waals surface area (Å²) < 4.78 is 49.2. The number of benzene rings is 1. The van der Waals surface area contributed by atoms with Gasteiger partial charge in [-0.3, -0.25) is 4.79 Å².